The molecule has 1 saturated carbocycles. The summed E-state index contributed by atoms with van der Waals surface area (Å²) >= 11 is 0. The van der Waals surface area contributed by atoms with Gasteiger partial charge in [0.1, 0.15) is 6.04 Å². The van der Waals surface area contributed by atoms with Crippen LogP contribution in [0.25, 0.3) is 0 Å². The van der Waals surface area contributed by atoms with E-state index in [2.05, 4.69) is 5.32 Å². The largest absolute Gasteiger partial charge is 0.465 e. The SMILES string of the molecule is CCOC(=O)C(NCC(F)(F)F)c1ccc(C2CC2)cc1. The predicted octanol–water partition coefficient (Wildman–Crippen LogP) is 3.32. The highest BCUT2D eigenvalue weighted by Crippen LogP contribution is 2.40. The van der Waals surface area contributed by atoms with Gasteiger partial charge in [-0.2, -0.15) is 13.2 Å². The second kappa shape index (κ2) is 6.47. The summed E-state index contributed by atoms with van der Waals surface area (Å²) in [5, 5.41) is 2.23. The normalized spacial score (nSPS) is 16.6. The molecule has 0 heterocycles. The number of ether oxygens (including phenoxy) is 1. The molecule has 116 valence electrons. The third kappa shape index (κ3) is 4.74. The first-order valence-corrected chi connectivity index (χ1v) is 6.97. The number of halogens is 3. The van der Waals surface area contributed by atoms with E-state index in [1.165, 1.54) is 0 Å². The first-order valence-electron chi connectivity index (χ1n) is 6.97. The molecular formula is C15H18F3NO2. The molecule has 1 N–H and O–H groups in total. The molecule has 0 radical (unpaired) electrons. The first-order chi connectivity index (χ1) is 9.90. The van der Waals surface area contributed by atoms with Crippen molar-refractivity contribution in [1.29, 1.82) is 0 Å². The molecule has 1 atom stereocenters. The molecule has 1 aliphatic carbocycles. The molecule has 6 heteroatoms. The Bertz CT molecular complexity index is 481. The maximum atomic E-state index is 12.3. The number of carbonyl (C=O) groups is 1. The van der Waals surface area contributed by atoms with Crippen molar-refractivity contribution in [1.82, 2.24) is 5.32 Å². The van der Waals surface area contributed by atoms with Crippen LogP contribution in [-0.4, -0.2) is 25.3 Å². The van der Waals surface area contributed by atoms with Gasteiger partial charge >= 0.3 is 12.1 Å². The molecular weight excluding hydrogens is 283 g/mol. The van der Waals surface area contributed by atoms with E-state index in [0.29, 0.717) is 11.5 Å². The van der Waals surface area contributed by atoms with Crippen LogP contribution in [0.5, 0.6) is 0 Å². The quantitative estimate of drug-likeness (QED) is 0.819. The van der Waals surface area contributed by atoms with Crippen LogP contribution in [0.15, 0.2) is 24.3 Å². The molecule has 21 heavy (non-hydrogen) atoms. The van der Waals surface area contributed by atoms with Gasteiger partial charge in [0, 0.05) is 0 Å². The first kappa shape index (κ1) is 15.8. The lowest BCUT2D eigenvalue weighted by Crippen LogP contribution is -2.36. The van der Waals surface area contributed by atoms with Gasteiger partial charge in [-0.25, -0.2) is 4.79 Å². The smallest absolute Gasteiger partial charge is 0.401 e. The molecule has 1 aromatic carbocycles. The van der Waals surface area contributed by atoms with Gasteiger partial charge < -0.3 is 4.74 Å². The number of carbonyl (C=O) groups excluding carboxylic acids is 1. The summed E-state index contributed by atoms with van der Waals surface area (Å²) in [5.41, 5.74) is 1.65. The Balaban J connectivity index is 2.10. The van der Waals surface area contributed by atoms with E-state index >= 15 is 0 Å². The van der Waals surface area contributed by atoms with E-state index in [9.17, 15) is 18.0 Å². The molecule has 0 aromatic heterocycles. The summed E-state index contributed by atoms with van der Waals surface area (Å²) in [6.07, 6.45) is -2.08. The summed E-state index contributed by atoms with van der Waals surface area (Å²) < 4.78 is 41.9. The van der Waals surface area contributed by atoms with Crippen molar-refractivity contribution in [2.75, 3.05) is 13.2 Å². The molecule has 2 rings (SSSR count). The highest BCUT2D eigenvalue weighted by atomic mass is 19.4. The molecule has 0 saturated heterocycles. The third-order valence-corrected chi connectivity index (χ3v) is 3.35. The van der Waals surface area contributed by atoms with Crippen molar-refractivity contribution in [3.8, 4) is 0 Å². The Morgan fingerprint density at radius 1 is 1.33 bits per heavy atom. The third-order valence-electron chi connectivity index (χ3n) is 3.35. The second-order valence-electron chi connectivity index (χ2n) is 5.12. The molecule has 0 amide bonds. The van der Waals surface area contributed by atoms with Gasteiger partial charge in [0.15, 0.2) is 0 Å². The zero-order valence-corrected chi connectivity index (χ0v) is 11.7. The van der Waals surface area contributed by atoms with Crippen molar-refractivity contribution in [2.24, 2.45) is 0 Å². The number of nitrogens with one attached hydrogen (secondary N) is 1. The molecule has 1 aromatic rings. The maximum absolute atomic E-state index is 12.3. The minimum absolute atomic E-state index is 0.128. The molecule has 3 nitrogen and oxygen atoms in total. The fourth-order valence-electron chi connectivity index (χ4n) is 2.16. The highest BCUT2D eigenvalue weighted by Gasteiger charge is 2.31. The number of hydrogen-bond acceptors (Lipinski definition) is 3. The lowest BCUT2D eigenvalue weighted by atomic mass is 10.0. The fourth-order valence-corrected chi connectivity index (χ4v) is 2.16. The maximum Gasteiger partial charge on any atom is 0.401 e. The summed E-state index contributed by atoms with van der Waals surface area (Å²) in [4.78, 5) is 11.8. The number of esters is 1. The molecule has 1 fully saturated rings. The number of benzene rings is 1. The van der Waals surface area contributed by atoms with E-state index in [1.54, 1.807) is 19.1 Å². The Morgan fingerprint density at radius 3 is 2.43 bits per heavy atom. The summed E-state index contributed by atoms with van der Waals surface area (Å²) in [5.74, 6) is -0.135. The van der Waals surface area contributed by atoms with E-state index in [-0.39, 0.29) is 6.61 Å². The van der Waals surface area contributed by atoms with Crippen LogP contribution in [0, 0.1) is 0 Å². The lowest BCUT2D eigenvalue weighted by Gasteiger charge is -2.19. The second-order valence-corrected chi connectivity index (χ2v) is 5.12. The Hall–Kier alpha value is -1.56. The highest BCUT2D eigenvalue weighted by molar-refractivity contribution is 5.77. The van der Waals surface area contributed by atoms with Gasteiger partial charge in [0.2, 0.25) is 0 Å². The lowest BCUT2D eigenvalue weighted by molar-refractivity contribution is -0.149. The standard InChI is InChI=1S/C15H18F3NO2/c1-2-21-14(20)13(19-9-15(16,17)18)12-7-5-11(6-8-12)10-3-4-10/h5-8,10,13,19H,2-4,9H2,1H3. The van der Waals surface area contributed by atoms with E-state index in [4.69, 9.17) is 4.74 Å². The van der Waals surface area contributed by atoms with Gasteiger partial charge in [0.25, 0.3) is 0 Å². The van der Waals surface area contributed by atoms with Gasteiger partial charge in [-0.15, -0.1) is 0 Å². The molecule has 0 bridgehead atoms. The summed E-state index contributed by atoms with van der Waals surface area (Å²) in [6, 6.07) is 6.03. The number of hydrogen-bond donors (Lipinski definition) is 1. The van der Waals surface area contributed by atoms with Crippen molar-refractivity contribution >= 4 is 5.97 Å². The number of alkyl halides is 3. The van der Waals surface area contributed by atoms with Crippen LogP contribution in [0.4, 0.5) is 13.2 Å². The van der Waals surface area contributed by atoms with Gasteiger partial charge in [-0.3, -0.25) is 5.32 Å². The van der Waals surface area contributed by atoms with Crippen molar-refractivity contribution in [2.45, 2.75) is 37.9 Å². The minimum Gasteiger partial charge on any atom is -0.465 e. The Morgan fingerprint density at radius 2 is 1.95 bits per heavy atom. The molecule has 1 unspecified atom stereocenters. The van der Waals surface area contributed by atoms with E-state index in [1.807, 2.05) is 12.1 Å². The Labute approximate surface area is 121 Å². The monoisotopic (exact) mass is 301 g/mol. The minimum atomic E-state index is -4.38. The average Bonchev–Trinajstić information content (AvgIpc) is 3.23. The van der Waals surface area contributed by atoms with E-state index < -0.39 is 24.7 Å². The summed E-state index contributed by atoms with van der Waals surface area (Å²) in [7, 11) is 0. The topological polar surface area (TPSA) is 38.3 Å². The molecule has 0 aliphatic heterocycles. The van der Waals surface area contributed by atoms with Crippen molar-refractivity contribution < 1.29 is 22.7 Å². The van der Waals surface area contributed by atoms with Crippen LogP contribution in [0.1, 0.15) is 42.9 Å². The molecule has 0 spiro atoms. The average molecular weight is 301 g/mol. The van der Waals surface area contributed by atoms with Crippen LogP contribution in [0.2, 0.25) is 0 Å². The molecule has 1 aliphatic rings. The predicted molar refractivity (Wildman–Crippen MR) is 71.8 cm³/mol. The number of rotatable bonds is 6. The fraction of sp³-hybridized carbons (Fsp3) is 0.533. The summed E-state index contributed by atoms with van der Waals surface area (Å²) in [6.45, 7) is 0.513. The van der Waals surface area contributed by atoms with Gasteiger partial charge in [-0.05, 0) is 36.8 Å². The Kier molecular flexibility index (Phi) is 4.88. The van der Waals surface area contributed by atoms with Crippen LogP contribution in [0.3, 0.4) is 0 Å². The van der Waals surface area contributed by atoms with Crippen molar-refractivity contribution in [3.63, 3.8) is 0 Å². The van der Waals surface area contributed by atoms with Crippen LogP contribution >= 0.6 is 0 Å². The van der Waals surface area contributed by atoms with Crippen LogP contribution in [-0.2, 0) is 9.53 Å². The van der Waals surface area contributed by atoms with Crippen molar-refractivity contribution in [3.05, 3.63) is 35.4 Å². The zero-order chi connectivity index (χ0) is 15.5. The van der Waals surface area contributed by atoms with Gasteiger partial charge in [-0.1, -0.05) is 24.3 Å². The zero-order valence-electron chi connectivity index (χ0n) is 11.7. The van der Waals surface area contributed by atoms with Gasteiger partial charge in [0.05, 0.1) is 13.2 Å². The van der Waals surface area contributed by atoms with Crippen LogP contribution < -0.4 is 5.32 Å². The van der Waals surface area contributed by atoms with E-state index in [0.717, 1.165) is 18.4 Å².